The number of hydrogen-bond acceptors (Lipinski definition) is 3. The average Bonchev–Trinajstić information content (AvgIpc) is 2.56. The highest BCUT2D eigenvalue weighted by Crippen LogP contribution is 2.27. The third kappa shape index (κ3) is 6.39. The molecule has 3 heteroatoms. The Bertz CT molecular complexity index is 201. The summed E-state index contributed by atoms with van der Waals surface area (Å²) in [5.74, 6) is 0. The lowest BCUT2D eigenvalue weighted by molar-refractivity contribution is -0.107. The summed E-state index contributed by atoms with van der Waals surface area (Å²) < 4.78 is 11.7. The Hall–Kier alpha value is -0.120. The van der Waals surface area contributed by atoms with Gasteiger partial charge in [0.2, 0.25) is 0 Å². The van der Waals surface area contributed by atoms with Crippen molar-refractivity contribution in [2.75, 3.05) is 13.2 Å². The van der Waals surface area contributed by atoms with Gasteiger partial charge < -0.3 is 14.6 Å². The molecule has 0 aromatic rings. The number of rotatable bonds is 5. The molecule has 17 heavy (non-hydrogen) atoms. The zero-order chi connectivity index (χ0) is 13.1. The lowest BCUT2D eigenvalue weighted by atomic mass is 9.98. The number of ether oxygens (including phenoxy) is 2. The molecule has 2 atom stereocenters. The van der Waals surface area contributed by atoms with Crippen molar-refractivity contribution < 1.29 is 14.6 Å². The van der Waals surface area contributed by atoms with Crippen molar-refractivity contribution >= 4 is 0 Å². The maximum Gasteiger partial charge on any atom is 0.0838 e. The molecule has 2 unspecified atom stereocenters. The standard InChI is InChI=1S/C14H28O3/c1-13(2,3)9-16-11-7-6-8-12(11)17-10-14(4,5)15/h11-12,15H,6-10H2,1-5H3. The minimum absolute atomic E-state index is 0.156. The van der Waals surface area contributed by atoms with Crippen LogP contribution in [0.15, 0.2) is 0 Å². The van der Waals surface area contributed by atoms with Gasteiger partial charge in [-0.3, -0.25) is 0 Å². The third-order valence-electron chi connectivity index (χ3n) is 2.77. The Balaban J connectivity index is 2.34. The van der Waals surface area contributed by atoms with Crippen molar-refractivity contribution in [1.82, 2.24) is 0 Å². The highest BCUT2D eigenvalue weighted by Gasteiger charge is 2.31. The molecule has 1 aliphatic rings. The van der Waals surface area contributed by atoms with Crippen LogP contribution in [0.4, 0.5) is 0 Å². The molecule has 0 amide bonds. The van der Waals surface area contributed by atoms with Crippen molar-refractivity contribution in [3.63, 3.8) is 0 Å². The Morgan fingerprint density at radius 1 is 0.941 bits per heavy atom. The van der Waals surface area contributed by atoms with Crippen molar-refractivity contribution in [1.29, 1.82) is 0 Å². The largest absolute Gasteiger partial charge is 0.388 e. The molecular weight excluding hydrogens is 216 g/mol. The van der Waals surface area contributed by atoms with E-state index < -0.39 is 5.60 Å². The molecule has 0 aliphatic heterocycles. The van der Waals surface area contributed by atoms with E-state index in [-0.39, 0.29) is 17.6 Å². The fraction of sp³-hybridized carbons (Fsp3) is 1.00. The van der Waals surface area contributed by atoms with Gasteiger partial charge in [0.15, 0.2) is 0 Å². The second-order valence-corrected chi connectivity index (χ2v) is 7.00. The summed E-state index contributed by atoms with van der Waals surface area (Å²) in [6.45, 7) is 11.2. The van der Waals surface area contributed by atoms with Crippen molar-refractivity contribution in [2.45, 2.75) is 71.7 Å². The minimum atomic E-state index is -0.753. The highest BCUT2D eigenvalue weighted by atomic mass is 16.5. The van der Waals surface area contributed by atoms with E-state index in [4.69, 9.17) is 9.47 Å². The van der Waals surface area contributed by atoms with Crippen LogP contribution < -0.4 is 0 Å². The van der Waals surface area contributed by atoms with Crippen LogP contribution >= 0.6 is 0 Å². The van der Waals surface area contributed by atoms with Crippen molar-refractivity contribution in [3.8, 4) is 0 Å². The van der Waals surface area contributed by atoms with Gasteiger partial charge in [0.25, 0.3) is 0 Å². The lowest BCUT2D eigenvalue weighted by Gasteiger charge is -2.27. The smallest absolute Gasteiger partial charge is 0.0838 e. The van der Waals surface area contributed by atoms with Crippen molar-refractivity contribution in [3.05, 3.63) is 0 Å². The van der Waals surface area contributed by atoms with Crippen LogP contribution in [0.5, 0.6) is 0 Å². The van der Waals surface area contributed by atoms with Crippen molar-refractivity contribution in [2.24, 2.45) is 5.41 Å². The van der Waals surface area contributed by atoms with Gasteiger partial charge in [-0.1, -0.05) is 20.8 Å². The third-order valence-corrected chi connectivity index (χ3v) is 2.77. The number of hydrogen-bond donors (Lipinski definition) is 1. The highest BCUT2D eigenvalue weighted by molar-refractivity contribution is 4.81. The Kier molecular flexibility index (Phi) is 4.99. The summed E-state index contributed by atoms with van der Waals surface area (Å²) in [5.41, 5.74) is -0.555. The summed E-state index contributed by atoms with van der Waals surface area (Å²) in [5, 5.41) is 9.66. The first-order chi connectivity index (χ1) is 7.67. The zero-order valence-corrected chi connectivity index (χ0v) is 12.0. The van der Waals surface area contributed by atoms with Gasteiger partial charge in [-0.15, -0.1) is 0 Å². The summed E-state index contributed by atoms with van der Waals surface area (Å²) >= 11 is 0. The first kappa shape index (κ1) is 14.9. The normalized spacial score (nSPS) is 26.5. The molecule has 0 heterocycles. The summed E-state index contributed by atoms with van der Waals surface area (Å²) in [7, 11) is 0. The minimum Gasteiger partial charge on any atom is -0.388 e. The summed E-state index contributed by atoms with van der Waals surface area (Å²) in [4.78, 5) is 0. The summed E-state index contributed by atoms with van der Waals surface area (Å²) in [6.07, 6.45) is 3.64. The van der Waals surface area contributed by atoms with Gasteiger partial charge in [-0.2, -0.15) is 0 Å². The molecule has 1 N–H and O–H groups in total. The fourth-order valence-electron chi connectivity index (χ4n) is 1.94. The van der Waals surface area contributed by atoms with E-state index in [1.165, 1.54) is 0 Å². The topological polar surface area (TPSA) is 38.7 Å². The molecule has 1 aliphatic carbocycles. The average molecular weight is 244 g/mol. The maximum absolute atomic E-state index is 9.66. The van der Waals surface area contributed by atoms with E-state index >= 15 is 0 Å². The van der Waals surface area contributed by atoms with E-state index in [2.05, 4.69) is 20.8 Å². The molecular formula is C14H28O3. The Labute approximate surface area is 105 Å². The van der Waals surface area contributed by atoms with Gasteiger partial charge in [-0.25, -0.2) is 0 Å². The lowest BCUT2D eigenvalue weighted by Crippen LogP contribution is -2.35. The molecule has 1 fully saturated rings. The van der Waals surface area contributed by atoms with E-state index in [0.29, 0.717) is 6.61 Å². The van der Waals surface area contributed by atoms with Crippen LogP contribution in [0, 0.1) is 5.41 Å². The second kappa shape index (κ2) is 5.68. The first-order valence-electron chi connectivity index (χ1n) is 6.63. The van der Waals surface area contributed by atoms with Crippen LogP contribution in [0.2, 0.25) is 0 Å². The molecule has 102 valence electrons. The maximum atomic E-state index is 9.66. The van der Waals surface area contributed by atoms with Gasteiger partial charge in [0.1, 0.15) is 0 Å². The predicted octanol–water partition coefficient (Wildman–Crippen LogP) is 2.76. The molecule has 1 rings (SSSR count). The Morgan fingerprint density at radius 2 is 1.41 bits per heavy atom. The zero-order valence-electron chi connectivity index (χ0n) is 12.0. The van der Waals surface area contributed by atoms with Crippen LogP contribution in [-0.2, 0) is 9.47 Å². The molecule has 0 aromatic carbocycles. The molecule has 0 spiro atoms. The van der Waals surface area contributed by atoms with Crippen LogP contribution in [-0.4, -0.2) is 36.1 Å². The van der Waals surface area contributed by atoms with E-state index in [1.807, 2.05) is 0 Å². The number of aliphatic hydroxyl groups is 1. The fourth-order valence-corrected chi connectivity index (χ4v) is 1.94. The van der Waals surface area contributed by atoms with Gasteiger partial charge in [0, 0.05) is 0 Å². The summed E-state index contributed by atoms with van der Waals surface area (Å²) in [6, 6.07) is 0. The van der Waals surface area contributed by atoms with E-state index in [9.17, 15) is 5.11 Å². The first-order valence-corrected chi connectivity index (χ1v) is 6.63. The molecule has 1 saturated carbocycles. The van der Waals surface area contributed by atoms with Crippen LogP contribution in [0.1, 0.15) is 53.9 Å². The van der Waals surface area contributed by atoms with Gasteiger partial charge in [-0.05, 0) is 38.5 Å². The van der Waals surface area contributed by atoms with Gasteiger partial charge >= 0.3 is 0 Å². The molecule has 0 saturated heterocycles. The van der Waals surface area contributed by atoms with Gasteiger partial charge in [0.05, 0.1) is 31.0 Å². The SMILES string of the molecule is CC(C)(C)COC1CCCC1OCC(C)(C)O. The monoisotopic (exact) mass is 244 g/mol. The second-order valence-electron chi connectivity index (χ2n) is 7.00. The molecule has 0 aromatic heterocycles. The molecule has 0 radical (unpaired) electrons. The van der Waals surface area contributed by atoms with E-state index in [0.717, 1.165) is 25.9 Å². The molecule has 3 nitrogen and oxygen atoms in total. The predicted molar refractivity (Wildman–Crippen MR) is 69.1 cm³/mol. The van der Waals surface area contributed by atoms with Crippen LogP contribution in [0.25, 0.3) is 0 Å². The molecule has 0 bridgehead atoms. The Morgan fingerprint density at radius 3 is 1.82 bits per heavy atom. The van der Waals surface area contributed by atoms with E-state index in [1.54, 1.807) is 13.8 Å². The quantitative estimate of drug-likeness (QED) is 0.808. The van der Waals surface area contributed by atoms with Crippen LogP contribution in [0.3, 0.4) is 0 Å².